The monoisotopic (exact) mass is 320 g/mol. The Hall–Kier alpha value is -2.98. The zero-order valence-corrected chi connectivity index (χ0v) is 14.0. The Kier molecular flexibility index (Phi) is 5.82. The Bertz CT molecular complexity index is 678. The maximum atomic E-state index is 8.62. The summed E-state index contributed by atoms with van der Waals surface area (Å²) in [5, 5.41) is 17.2. The summed E-state index contributed by atoms with van der Waals surface area (Å²) in [5.74, 6) is 1.08. The second-order valence-electron chi connectivity index (χ2n) is 5.62. The molecule has 2 rings (SSSR count). The van der Waals surface area contributed by atoms with Crippen LogP contribution in [0.1, 0.15) is 44.2 Å². The van der Waals surface area contributed by atoms with Gasteiger partial charge in [0.15, 0.2) is 0 Å². The lowest BCUT2D eigenvalue weighted by Crippen LogP contribution is -2.26. The molecule has 0 heterocycles. The van der Waals surface area contributed by atoms with E-state index in [0.717, 1.165) is 19.3 Å². The molecule has 0 bridgehead atoms. The average Bonchev–Trinajstić information content (AvgIpc) is 2.62. The molecule has 24 heavy (non-hydrogen) atoms. The molecule has 0 radical (unpaired) electrons. The van der Waals surface area contributed by atoms with Crippen LogP contribution in [0.15, 0.2) is 48.5 Å². The zero-order valence-electron chi connectivity index (χ0n) is 14.0. The number of nitriles is 2. The summed E-state index contributed by atoms with van der Waals surface area (Å²) in [6.07, 6.45) is 6.37. The molecule has 0 aliphatic heterocycles. The summed E-state index contributed by atoms with van der Waals surface area (Å²) in [7, 11) is 0. The van der Waals surface area contributed by atoms with Gasteiger partial charge in [0, 0.05) is 5.41 Å². The first-order chi connectivity index (χ1) is 11.7. The first-order valence-electron chi connectivity index (χ1n) is 8.03. The number of ether oxygens (including phenoxy) is 2. The molecule has 0 aliphatic carbocycles. The van der Waals surface area contributed by atoms with Gasteiger partial charge in [0.05, 0.1) is 0 Å². The molecule has 0 saturated heterocycles. The quantitative estimate of drug-likeness (QED) is 0.680. The first-order valence-corrected chi connectivity index (χ1v) is 8.03. The molecule has 0 aromatic heterocycles. The second kappa shape index (κ2) is 8.04. The van der Waals surface area contributed by atoms with E-state index in [-0.39, 0.29) is 5.41 Å². The molecule has 0 spiro atoms. The molecule has 0 unspecified atom stereocenters. The van der Waals surface area contributed by atoms with Gasteiger partial charge in [-0.05, 0) is 48.2 Å². The minimum atomic E-state index is -0.120. The largest absolute Gasteiger partial charge is 0.388 e. The highest BCUT2D eigenvalue weighted by atomic mass is 16.5. The van der Waals surface area contributed by atoms with Gasteiger partial charge in [-0.3, -0.25) is 0 Å². The Morgan fingerprint density at radius 3 is 1.50 bits per heavy atom. The topological polar surface area (TPSA) is 66.0 Å². The van der Waals surface area contributed by atoms with Crippen LogP contribution >= 0.6 is 0 Å². The van der Waals surface area contributed by atoms with Crippen molar-refractivity contribution in [2.45, 2.75) is 38.5 Å². The number of rotatable bonds is 7. The molecule has 0 fully saturated rings. The predicted octanol–water partition coefficient (Wildman–Crippen LogP) is 4.90. The summed E-state index contributed by atoms with van der Waals surface area (Å²) in [4.78, 5) is 0. The maximum absolute atomic E-state index is 8.62. The maximum Gasteiger partial charge on any atom is 0.292 e. The fourth-order valence-electron chi connectivity index (χ4n) is 3.26. The standard InChI is InChI=1S/C20H20N2O2/c1-3-13-20(4-2,16-5-9-18(10-6-16)23-14-21)17-7-11-19(12-8-17)24-15-22/h5-12H,3-4,13H2,1-2H3. The van der Waals surface area contributed by atoms with Crippen LogP contribution in [0.2, 0.25) is 0 Å². The molecule has 0 aliphatic rings. The van der Waals surface area contributed by atoms with Gasteiger partial charge < -0.3 is 9.47 Å². The minimum Gasteiger partial charge on any atom is -0.388 e. The Morgan fingerprint density at radius 2 is 1.21 bits per heavy atom. The van der Waals surface area contributed by atoms with Crippen LogP contribution < -0.4 is 9.47 Å². The van der Waals surface area contributed by atoms with Crippen LogP contribution in [0.5, 0.6) is 11.5 Å². The van der Waals surface area contributed by atoms with Crippen molar-refractivity contribution in [1.29, 1.82) is 10.5 Å². The summed E-state index contributed by atoms with van der Waals surface area (Å²) < 4.78 is 9.75. The summed E-state index contributed by atoms with van der Waals surface area (Å²) in [6, 6.07) is 15.4. The van der Waals surface area contributed by atoms with Gasteiger partial charge in [0.1, 0.15) is 11.5 Å². The third-order valence-electron chi connectivity index (χ3n) is 4.42. The normalized spacial score (nSPS) is 10.5. The van der Waals surface area contributed by atoms with Gasteiger partial charge in [-0.1, -0.05) is 44.5 Å². The van der Waals surface area contributed by atoms with Gasteiger partial charge in [-0.25, -0.2) is 0 Å². The molecule has 4 nitrogen and oxygen atoms in total. The Morgan fingerprint density at radius 1 is 0.792 bits per heavy atom. The lowest BCUT2D eigenvalue weighted by atomic mass is 9.69. The summed E-state index contributed by atoms with van der Waals surface area (Å²) >= 11 is 0. The highest BCUT2D eigenvalue weighted by Crippen LogP contribution is 2.41. The lowest BCUT2D eigenvalue weighted by molar-refractivity contribution is 0.447. The van der Waals surface area contributed by atoms with Crippen LogP contribution in [0.25, 0.3) is 0 Å². The lowest BCUT2D eigenvalue weighted by Gasteiger charge is -2.34. The van der Waals surface area contributed by atoms with E-state index in [1.807, 2.05) is 48.5 Å². The van der Waals surface area contributed by atoms with Crippen molar-refractivity contribution in [3.05, 3.63) is 59.7 Å². The third kappa shape index (κ3) is 3.50. The van der Waals surface area contributed by atoms with E-state index < -0.39 is 0 Å². The fraction of sp³-hybridized carbons (Fsp3) is 0.300. The second-order valence-corrected chi connectivity index (χ2v) is 5.62. The van der Waals surface area contributed by atoms with Crippen molar-refractivity contribution in [2.75, 3.05) is 0 Å². The fourth-order valence-corrected chi connectivity index (χ4v) is 3.26. The smallest absolute Gasteiger partial charge is 0.292 e. The summed E-state index contributed by atoms with van der Waals surface area (Å²) in [6.45, 7) is 4.35. The van der Waals surface area contributed by atoms with Gasteiger partial charge in [0.25, 0.3) is 12.5 Å². The van der Waals surface area contributed by atoms with Crippen LogP contribution in [0, 0.1) is 23.0 Å². The number of hydrogen-bond acceptors (Lipinski definition) is 4. The highest BCUT2D eigenvalue weighted by molar-refractivity contribution is 5.43. The van der Waals surface area contributed by atoms with E-state index >= 15 is 0 Å². The molecule has 0 saturated carbocycles. The highest BCUT2D eigenvalue weighted by Gasteiger charge is 2.31. The van der Waals surface area contributed by atoms with Crippen LogP contribution in [-0.4, -0.2) is 0 Å². The zero-order chi connectivity index (χ0) is 17.4. The van der Waals surface area contributed by atoms with E-state index in [4.69, 9.17) is 20.0 Å². The molecule has 2 aromatic rings. The molecule has 0 N–H and O–H groups in total. The van der Waals surface area contributed by atoms with Crippen molar-refractivity contribution < 1.29 is 9.47 Å². The van der Waals surface area contributed by atoms with E-state index in [1.165, 1.54) is 11.1 Å². The average molecular weight is 320 g/mol. The van der Waals surface area contributed by atoms with Crippen molar-refractivity contribution >= 4 is 0 Å². The van der Waals surface area contributed by atoms with Crippen LogP contribution in [0.3, 0.4) is 0 Å². The molecular weight excluding hydrogens is 300 g/mol. The van der Waals surface area contributed by atoms with Crippen LogP contribution in [0.4, 0.5) is 0 Å². The van der Waals surface area contributed by atoms with Gasteiger partial charge >= 0.3 is 0 Å². The first kappa shape index (κ1) is 17.4. The van der Waals surface area contributed by atoms with Gasteiger partial charge in [0.2, 0.25) is 0 Å². The predicted molar refractivity (Wildman–Crippen MR) is 91.3 cm³/mol. The van der Waals surface area contributed by atoms with E-state index in [2.05, 4.69) is 13.8 Å². The molecule has 0 amide bonds. The van der Waals surface area contributed by atoms with Gasteiger partial charge in [-0.2, -0.15) is 0 Å². The third-order valence-corrected chi connectivity index (χ3v) is 4.42. The molecule has 0 atom stereocenters. The SMILES string of the molecule is CCCC(CC)(c1ccc(OC#N)cc1)c1ccc(OC#N)cc1. The van der Waals surface area contributed by atoms with Crippen LogP contribution in [-0.2, 0) is 5.41 Å². The summed E-state index contributed by atoms with van der Waals surface area (Å²) in [5.41, 5.74) is 2.25. The number of hydrogen-bond donors (Lipinski definition) is 0. The molecular formula is C20H20N2O2. The molecule has 2 aromatic carbocycles. The van der Waals surface area contributed by atoms with Crippen molar-refractivity contribution in [1.82, 2.24) is 0 Å². The van der Waals surface area contributed by atoms with Crippen molar-refractivity contribution in [3.63, 3.8) is 0 Å². The van der Waals surface area contributed by atoms with Crippen molar-refractivity contribution in [3.8, 4) is 24.0 Å². The van der Waals surface area contributed by atoms with E-state index in [9.17, 15) is 0 Å². The molecule has 4 heteroatoms. The van der Waals surface area contributed by atoms with Crippen molar-refractivity contribution in [2.24, 2.45) is 0 Å². The Labute approximate surface area is 142 Å². The van der Waals surface area contributed by atoms with E-state index in [0.29, 0.717) is 11.5 Å². The van der Waals surface area contributed by atoms with E-state index in [1.54, 1.807) is 12.5 Å². The molecule has 122 valence electrons. The number of benzene rings is 2. The minimum absolute atomic E-state index is 0.120. The van der Waals surface area contributed by atoms with Gasteiger partial charge in [-0.15, -0.1) is 10.5 Å². The number of nitrogens with zero attached hydrogens (tertiary/aromatic N) is 2. The Balaban J connectivity index is 2.45.